The minimum Gasteiger partial charge on any atom is -0.337 e. The summed E-state index contributed by atoms with van der Waals surface area (Å²) in [5.74, 6) is 0.491. The molecule has 0 saturated carbocycles. The van der Waals surface area contributed by atoms with E-state index in [0.717, 1.165) is 10.0 Å². The van der Waals surface area contributed by atoms with Crippen LogP contribution in [0.5, 0.6) is 0 Å². The number of carbonyl (C=O) groups excluding carboxylic acids is 1. The van der Waals surface area contributed by atoms with Gasteiger partial charge in [-0.2, -0.15) is 5.10 Å². The van der Waals surface area contributed by atoms with Crippen molar-refractivity contribution in [1.29, 1.82) is 0 Å². The summed E-state index contributed by atoms with van der Waals surface area (Å²) < 4.78 is 14.4. The number of hydrogen-bond acceptors (Lipinski definition) is 4. The molecule has 6 nitrogen and oxygen atoms in total. The SMILES string of the molecule is O=C(c1cncc(Br)c1)N1CC(CF)C(c2nc(-c3ccccc3)n[nH]2)C1. The number of benzene rings is 1. The van der Waals surface area contributed by atoms with E-state index in [-0.39, 0.29) is 17.7 Å². The van der Waals surface area contributed by atoms with Crippen molar-refractivity contribution in [1.82, 2.24) is 25.1 Å². The van der Waals surface area contributed by atoms with Crippen LogP contribution in [0.25, 0.3) is 11.4 Å². The fraction of sp³-hybridized carbons (Fsp3) is 0.263. The Morgan fingerprint density at radius 1 is 1.26 bits per heavy atom. The molecule has 1 aliphatic rings. The summed E-state index contributed by atoms with van der Waals surface area (Å²) in [4.78, 5) is 23.0. The number of hydrogen-bond donors (Lipinski definition) is 1. The summed E-state index contributed by atoms with van der Waals surface area (Å²) in [7, 11) is 0. The normalized spacial score (nSPS) is 19.4. The lowest BCUT2D eigenvalue weighted by atomic mass is 9.97. The van der Waals surface area contributed by atoms with Gasteiger partial charge in [-0.05, 0) is 22.0 Å². The Morgan fingerprint density at radius 2 is 2.07 bits per heavy atom. The van der Waals surface area contributed by atoms with Crippen molar-refractivity contribution in [2.45, 2.75) is 5.92 Å². The van der Waals surface area contributed by atoms with Crippen molar-refractivity contribution in [3.63, 3.8) is 0 Å². The molecule has 1 fully saturated rings. The number of amides is 1. The van der Waals surface area contributed by atoms with Crippen molar-refractivity contribution in [2.24, 2.45) is 5.92 Å². The highest BCUT2D eigenvalue weighted by Crippen LogP contribution is 2.33. The highest BCUT2D eigenvalue weighted by atomic mass is 79.9. The van der Waals surface area contributed by atoms with Gasteiger partial charge in [0.05, 0.1) is 12.2 Å². The Kier molecular flexibility index (Phi) is 4.98. The molecule has 3 heterocycles. The van der Waals surface area contributed by atoms with Crippen molar-refractivity contribution < 1.29 is 9.18 Å². The van der Waals surface area contributed by atoms with E-state index in [1.54, 1.807) is 17.2 Å². The summed E-state index contributed by atoms with van der Waals surface area (Å²) in [5.41, 5.74) is 1.37. The minimum atomic E-state index is -0.521. The number of pyridine rings is 1. The number of nitrogens with one attached hydrogen (secondary N) is 1. The van der Waals surface area contributed by atoms with Crippen LogP contribution in [-0.4, -0.2) is 50.7 Å². The van der Waals surface area contributed by atoms with Crippen LogP contribution >= 0.6 is 15.9 Å². The predicted octanol–water partition coefficient (Wildman–Crippen LogP) is 3.45. The van der Waals surface area contributed by atoms with Gasteiger partial charge in [-0.1, -0.05) is 30.3 Å². The third kappa shape index (κ3) is 3.62. The van der Waals surface area contributed by atoms with E-state index in [4.69, 9.17) is 0 Å². The molecule has 2 atom stereocenters. The van der Waals surface area contributed by atoms with Gasteiger partial charge in [-0.15, -0.1) is 0 Å². The minimum absolute atomic E-state index is 0.160. The standard InChI is InChI=1S/C19H17BrFN5O/c20-15-6-13(8-22-9-15)19(27)26-10-14(7-21)16(11-26)18-23-17(24-25-18)12-4-2-1-3-5-12/h1-6,8-9,14,16H,7,10-11H2,(H,23,24,25). The molecule has 1 aliphatic heterocycles. The van der Waals surface area contributed by atoms with Crippen LogP contribution in [-0.2, 0) is 0 Å². The Labute approximate surface area is 164 Å². The molecule has 2 unspecified atom stereocenters. The lowest BCUT2D eigenvalue weighted by Crippen LogP contribution is -2.29. The lowest BCUT2D eigenvalue weighted by molar-refractivity contribution is 0.0784. The molecule has 1 N–H and O–H groups in total. The van der Waals surface area contributed by atoms with Gasteiger partial charge in [0.1, 0.15) is 5.82 Å². The summed E-state index contributed by atoms with van der Waals surface area (Å²) in [6.45, 7) is 0.212. The second-order valence-electron chi connectivity index (χ2n) is 6.53. The number of aromatic amines is 1. The molecule has 138 valence electrons. The molecule has 1 aromatic carbocycles. The zero-order valence-electron chi connectivity index (χ0n) is 14.3. The quantitative estimate of drug-likeness (QED) is 0.688. The number of H-pyrrole nitrogens is 1. The fourth-order valence-corrected chi connectivity index (χ4v) is 3.74. The van der Waals surface area contributed by atoms with E-state index in [9.17, 15) is 9.18 Å². The van der Waals surface area contributed by atoms with E-state index in [1.165, 1.54) is 6.20 Å². The van der Waals surface area contributed by atoms with E-state index in [0.29, 0.717) is 30.3 Å². The van der Waals surface area contributed by atoms with Gasteiger partial charge in [-0.3, -0.25) is 19.3 Å². The van der Waals surface area contributed by atoms with Crippen molar-refractivity contribution >= 4 is 21.8 Å². The molecule has 0 bridgehead atoms. The maximum Gasteiger partial charge on any atom is 0.255 e. The molecule has 1 amide bonds. The van der Waals surface area contributed by atoms with Gasteiger partial charge in [0.2, 0.25) is 0 Å². The molecular formula is C19H17BrFN5O. The highest BCUT2D eigenvalue weighted by molar-refractivity contribution is 9.10. The van der Waals surface area contributed by atoms with Gasteiger partial charge in [0.15, 0.2) is 5.82 Å². The van der Waals surface area contributed by atoms with Crippen molar-refractivity contribution in [3.05, 3.63) is 64.7 Å². The zero-order chi connectivity index (χ0) is 18.8. The maximum atomic E-state index is 13.6. The molecule has 0 radical (unpaired) electrons. The Hall–Kier alpha value is -2.61. The van der Waals surface area contributed by atoms with E-state index in [1.807, 2.05) is 30.3 Å². The summed E-state index contributed by atoms with van der Waals surface area (Å²) in [6.07, 6.45) is 3.14. The topological polar surface area (TPSA) is 74.8 Å². The third-order valence-corrected chi connectivity index (χ3v) is 5.20. The zero-order valence-corrected chi connectivity index (χ0v) is 15.9. The Bertz CT molecular complexity index is 948. The number of rotatable bonds is 4. The number of nitrogens with zero attached hydrogens (tertiary/aromatic N) is 4. The molecule has 0 aliphatic carbocycles. The highest BCUT2D eigenvalue weighted by Gasteiger charge is 2.38. The van der Waals surface area contributed by atoms with Crippen LogP contribution in [0.1, 0.15) is 22.1 Å². The largest absolute Gasteiger partial charge is 0.337 e. The van der Waals surface area contributed by atoms with Crippen LogP contribution in [0.15, 0.2) is 53.3 Å². The number of aromatic nitrogens is 4. The first-order valence-corrected chi connectivity index (χ1v) is 9.38. The molecule has 3 aromatic rings. The molecule has 4 rings (SSSR count). The van der Waals surface area contributed by atoms with Crippen LogP contribution in [0.4, 0.5) is 4.39 Å². The van der Waals surface area contributed by atoms with Crippen LogP contribution in [0.2, 0.25) is 0 Å². The Morgan fingerprint density at radius 3 is 2.81 bits per heavy atom. The van der Waals surface area contributed by atoms with Gasteiger partial charge >= 0.3 is 0 Å². The molecule has 8 heteroatoms. The van der Waals surface area contributed by atoms with E-state index < -0.39 is 6.67 Å². The summed E-state index contributed by atoms with van der Waals surface area (Å²) in [6, 6.07) is 11.3. The van der Waals surface area contributed by atoms with Gasteiger partial charge < -0.3 is 4.90 Å². The molecule has 27 heavy (non-hydrogen) atoms. The fourth-order valence-electron chi connectivity index (χ4n) is 3.37. The average molecular weight is 430 g/mol. The number of carbonyl (C=O) groups is 1. The molecular weight excluding hydrogens is 413 g/mol. The van der Waals surface area contributed by atoms with Gasteiger partial charge in [0.25, 0.3) is 5.91 Å². The first kappa shape index (κ1) is 17.8. The summed E-state index contributed by atoms with van der Waals surface area (Å²) in [5, 5.41) is 7.19. The number of alkyl halides is 1. The summed E-state index contributed by atoms with van der Waals surface area (Å²) >= 11 is 3.32. The van der Waals surface area contributed by atoms with Crippen molar-refractivity contribution in [2.75, 3.05) is 19.8 Å². The van der Waals surface area contributed by atoms with Gasteiger partial charge in [-0.25, -0.2) is 4.98 Å². The Balaban J connectivity index is 1.55. The van der Waals surface area contributed by atoms with Gasteiger partial charge in [0, 0.05) is 47.4 Å². The van der Waals surface area contributed by atoms with Crippen LogP contribution < -0.4 is 0 Å². The lowest BCUT2D eigenvalue weighted by Gasteiger charge is -2.15. The second-order valence-corrected chi connectivity index (χ2v) is 7.45. The smallest absolute Gasteiger partial charge is 0.255 e. The maximum absolute atomic E-state index is 13.6. The first-order chi connectivity index (χ1) is 13.2. The number of halogens is 2. The van der Waals surface area contributed by atoms with E-state index >= 15 is 0 Å². The van der Waals surface area contributed by atoms with Crippen LogP contribution in [0.3, 0.4) is 0 Å². The number of likely N-dealkylation sites (tertiary alicyclic amines) is 1. The molecule has 1 saturated heterocycles. The van der Waals surface area contributed by atoms with E-state index in [2.05, 4.69) is 36.1 Å². The monoisotopic (exact) mass is 429 g/mol. The molecule has 2 aromatic heterocycles. The second kappa shape index (κ2) is 7.56. The third-order valence-electron chi connectivity index (χ3n) is 4.76. The first-order valence-electron chi connectivity index (χ1n) is 8.59. The molecule has 0 spiro atoms. The average Bonchev–Trinajstić information content (AvgIpc) is 3.35. The van der Waals surface area contributed by atoms with Crippen LogP contribution in [0, 0.1) is 5.92 Å². The van der Waals surface area contributed by atoms with Crippen molar-refractivity contribution in [3.8, 4) is 11.4 Å². The predicted molar refractivity (Wildman–Crippen MR) is 102 cm³/mol.